The fourth-order valence-corrected chi connectivity index (χ4v) is 4.22. The van der Waals surface area contributed by atoms with E-state index in [4.69, 9.17) is 9.84 Å². The van der Waals surface area contributed by atoms with Gasteiger partial charge in [0.1, 0.15) is 12.4 Å². The number of carbonyl (C=O) groups excluding carboxylic acids is 1. The highest BCUT2D eigenvalue weighted by atomic mass is 16.5. The number of hydrogen-bond donors (Lipinski definition) is 2. The molecule has 5 nitrogen and oxygen atoms in total. The van der Waals surface area contributed by atoms with E-state index in [0.29, 0.717) is 24.4 Å². The van der Waals surface area contributed by atoms with Crippen LogP contribution in [-0.2, 0) is 6.54 Å². The molecule has 3 unspecified atom stereocenters. The Hall–Kier alpha value is -1.75. The molecule has 3 atom stereocenters. The van der Waals surface area contributed by atoms with Crippen molar-refractivity contribution >= 4 is 6.03 Å². The first-order valence-corrected chi connectivity index (χ1v) is 9.06. The molecule has 0 spiro atoms. The topological polar surface area (TPSA) is 61.8 Å². The quantitative estimate of drug-likeness (QED) is 0.871. The second-order valence-electron chi connectivity index (χ2n) is 6.98. The number of likely N-dealkylation sites (tertiary alicyclic amines) is 1. The molecule has 132 valence electrons. The first-order chi connectivity index (χ1) is 11.7. The van der Waals surface area contributed by atoms with E-state index in [1.165, 1.54) is 19.3 Å². The Kier molecular flexibility index (Phi) is 5.61. The summed E-state index contributed by atoms with van der Waals surface area (Å²) in [5.74, 6) is 1.99. The van der Waals surface area contributed by atoms with Crippen LogP contribution in [0.25, 0.3) is 0 Å². The number of carbonyl (C=O) groups is 1. The molecule has 0 bridgehead atoms. The van der Waals surface area contributed by atoms with Gasteiger partial charge in [-0.05, 0) is 30.7 Å². The van der Waals surface area contributed by atoms with Crippen LogP contribution in [0.5, 0.6) is 5.75 Å². The van der Waals surface area contributed by atoms with Crippen molar-refractivity contribution in [3.63, 3.8) is 0 Å². The molecule has 0 radical (unpaired) electrons. The average Bonchev–Trinajstić information content (AvgIpc) is 2.96. The van der Waals surface area contributed by atoms with E-state index in [1.807, 2.05) is 29.2 Å². The average molecular weight is 332 g/mol. The summed E-state index contributed by atoms with van der Waals surface area (Å²) in [6.45, 7) is 3.83. The van der Waals surface area contributed by atoms with Crippen molar-refractivity contribution in [3.05, 3.63) is 29.8 Å². The molecule has 24 heavy (non-hydrogen) atoms. The summed E-state index contributed by atoms with van der Waals surface area (Å²) in [5.41, 5.74) is 0.937. The molecule has 1 aromatic rings. The predicted molar refractivity (Wildman–Crippen MR) is 92.9 cm³/mol. The van der Waals surface area contributed by atoms with Crippen LogP contribution < -0.4 is 10.1 Å². The number of hydrogen-bond acceptors (Lipinski definition) is 3. The molecule has 1 saturated heterocycles. The van der Waals surface area contributed by atoms with Gasteiger partial charge in [0.25, 0.3) is 0 Å². The molecule has 1 aromatic carbocycles. The van der Waals surface area contributed by atoms with E-state index in [2.05, 4.69) is 12.2 Å². The van der Waals surface area contributed by atoms with Gasteiger partial charge in [-0.25, -0.2) is 4.79 Å². The Bertz CT molecular complexity index is 563. The maximum Gasteiger partial charge on any atom is 0.317 e. The SMILES string of the molecule is CC1CN(C(=O)NCc2ccccc2OCCO)C2CCCCC12. The monoisotopic (exact) mass is 332 g/mol. The number of benzene rings is 1. The van der Waals surface area contributed by atoms with Gasteiger partial charge in [-0.15, -0.1) is 0 Å². The van der Waals surface area contributed by atoms with Crippen LogP contribution in [0.4, 0.5) is 4.79 Å². The number of para-hydroxylation sites is 1. The number of nitrogens with one attached hydrogen (secondary N) is 1. The van der Waals surface area contributed by atoms with Crippen LogP contribution in [0.1, 0.15) is 38.2 Å². The Labute approximate surface area is 144 Å². The molecule has 2 fully saturated rings. The highest BCUT2D eigenvalue weighted by Crippen LogP contribution is 2.39. The maximum absolute atomic E-state index is 12.7. The predicted octanol–water partition coefficient (Wildman–Crippen LogP) is 2.78. The Balaban J connectivity index is 1.60. The Morgan fingerprint density at radius 2 is 2.12 bits per heavy atom. The van der Waals surface area contributed by atoms with Crippen molar-refractivity contribution in [2.24, 2.45) is 11.8 Å². The second-order valence-corrected chi connectivity index (χ2v) is 6.98. The third-order valence-corrected chi connectivity index (χ3v) is 5.41. The van der Waals surface area contributed by atoms with E-state index < -0.39 is 0 Å². The van der Waals surface area contributed by atoms with Gasteiger partial charge < -0.3 is 20.1 Å². The Morgan fingerprint density at radius 3 is 2.96 bits per heavy atom. The van der Waals surface area contributed by atoms with Gasteiger partial charge in [0.2, 0.25) is 0 Å². The van der Waals surface area contributed by atoms with Crippen molar-refractivity contribution < 1.29 is 14.6 Å². The number of aliphatic hydroxyl groups is 1. The lowest BCUT2D eigenvalue weighted by Gasteiger charge is -2.32. The van der Waals surface area contributed by atoms with Crippen LogP contribution in [0, 0.1) is 11.8 Å². The third kappa shape index (κ3) is 3.66. The molecular weight excluding hydrogens is 304 g/mol. The normalized spacial score (nSPS) is 26.1. The first-order valence-electron chi connectivity index (χ1n) is 9.06. The molecule has 2 N–H and O–H groups in total. The summed E-state index contributed by atoms with van der Waals surface area (Å²) in [5, 5.41) is 12.0. The van der Waals surface area contributed by atoms with Crippen molar-refractivity contribution in [3.8, 4) is 5.75 Å². The minimum Gasteiger partial charge on any atom is -0.491 e. The lowest BCUT2D eigenvalue weighted by molar-refractivity contribution is 0.168. The number of urea groups is 1. The highest BCUT2D eigenvalue weighted by Gasteiger charge is 2.42. The summed E-state index contributed by atoms with van der Waals surface area (Å²) in [7, 11) is 0. The number of amides is 2. The largest absolute Gasteiger partial charge is 0.491 e. The van der Waals surface area contributed by atoms with Crippen LogP contribution in [-0.4, -0.2) is 41.8 Å². The summed E-state index contributed by atoms with van der Waals surface area (Å²) < 4.78 is 5.53. The lowest BCUT2D eigenvalue weighted by Crippen LogP contribution is -2.44. The molecule has 5 heteroatoms. The smallest absolute Gasteiger partial charge is 0.317 e. The molecule has 1 aliphatic carbocycles. The molecule has 2 aliphatic rings. The lowest BCUT2D eigenvalue weighted by atomic mass is 9.80. The fourth-order valence-electron chi connectivity index (χ4n) is 4.22. The number of fused-ring (bicyclic) bond motifs is 1. The van der Waals surface area contributed by atoms with Crippen molar-refractivity contribution in [2.75, 3.05) is 19.8 Å². The number of rotatable bonds is 5. The van der Waals surface area contributed by atoms with E-state index in [1.54, 1.807) is 0 Å². The fraction of sp³-hybridized carbons (Fsp3) is 0.632. The van der Waals surface area contributed by atoms with Crippen LogP contribution >= 0.6 is 0 Å². The molecular formula is C19H28N2O3. The molecule has 1 aliphatic heterocycles. The van der Waals surface area contributed by atoms with Crippen molar-refractivity contribution in [2.45, 2.75) is 45.2 Å². The number of aliphatic hydroxyl groups excluding tert-OH is 1. The molecule has 1 heterocycles. The van der Waals surface area contributed by atoms with Crippen LogP contribution in [0.3, 0.4) is 0 Å². The minimum atomic E-state index is -0.0184. The van der Waals surface area contributed by atoms with E-state index in [9.17, 15) is 4.79 Å². The summed E-state index contributed by atoms with van der Waals surface area (Å²) >= 11 is 0. The number of ether oxygens (including phenoxy) is 1. The van der Waals surface area contributed by atoms with Gasteiger partial charge >= 0.3 is 6.03 Å². The minimum absolute atomic E-state index is 0.0184. The standard InChI is InChI=1S/C19H28N2O3/c1-14-13-21(17-8-4-3-7-16(14)17)19(23)20-12-15-6-2-5-9-18(15)24-11-10-22/h2,5-6,9,14,16-17,22H,3-4,7-8,10-13H2,1H3,(H,20,23). The molecule has 0 aromatic heterocycles. The third-order valence-electron chi connectivity index (χ3n) is 5.41. The van der Waals surface area contributed by atoms with E-state index >= 15 is 0 Å². The zero-order valence-corrected chi connectivity index (χ0v) is 14.4. The van der Waals surface area contributed by atoms with Gasteiger partial charge in [0.15, 0.2) is 0 Å². The van der Waals surface area contributed by atoms with E-state index in [-0.39, 0.29) is 19.2 Å². The van der Waals surface area contributed by atoms with Gasteiger partial charge in [0, 0.05) is 24.7 Å². The van der Waals surface area contributed by atoms with Gasteiger partial charge in [-0.1, -0.05) is 38.0 Å². The highest BCUT2D eigenvalue weighted by molar-refractivity contribution is 5.75. The summed E-state index contributed by atoms with van der Waals surface area (Å²) in [6, 6.07) is 8.09. The van der Waals surface area contributed by atoms with E-state index in [0.717, 1.165) is 24.3 Å². The number of nitrogens with zero attached hydrogens (tertiary/aromatic N) is 1. The first kappa shape index (κ1) is 17.1. The van der Waals surface area contributed by atoms with Crippen LogP contribution in [0.15, 0.2) is 24.3 Å². The molecule has 2 amide bonds. The zero-order chi connectivity index (χ0) is 16.9. The van der Waals surface area contributed by atoms with Crippen molar-refractivity contribution in [1.82, 2.24) is 10.2 Å². The summed E-state index contributed by atoms with van der Waals surface area (Å²) in [4.78, 5) is 14.7. The van der Waals surface area contributed by atoms with Gasteiger partial charge in [0.05, 0.1) is 6.61 Å². The molecule has 1 saturated carbocycles. The van der Waals surface area contributed by atoms with Gasteiger partial charge in [-0.3, -0.25) is 0 Å². The zero-order valence-electron chi connectivity index (χ0n) is 14.4. The van der Waals surface area contributed by atoms with Crippen molar-refractivity contribution in [1.29, 1.82) is 0 Å². The van der Waals surface area contributed by atoms with Gasteiger partial charge in [-0.2, -0.15) is 0 Å². The summed E-state index contributed by atoms with van der Waals surface area (Å²) in [6.07, 6.45) is 4.93. The second kappa shape index (κ2) is 7.88. The molecule has 3 rings (SSSR count). The van der Waals surface area contributed by atoms with Crippen LogP contribution in [0.2, 0.25) is 0 Å². The Morgan fingerprint density at radius 1 is 1.33 bits per heavy atom. The maximum atomic E-state index is 12.7.